The van der Waals surface area contributed by atoms with Crippen molar-refractivity contribution in [2.24, 2.45) is 0 Å². The molecule has 2 N–H and O–H groups in total. The van der Waals surface area contributed by atoms with Gasteiger partial charge < -0.3 is 34.3 Å². The summed E-state index contributed by atoms with van der Waals surface area (Å²) < 4.78 is 26.4. The standard InChI is InChI=1S/C33H40N2O8S/c1-39-27-11-5-23(6-12-27)19-26(22-44-4)34-33(38)35-30(32(37)43-21-25-9-15-29(41-3)16-10-25)17-18-31(36)42-20-24-7-13-28(40-2)14-8-24/h5-16,26,30H,17-22H2,1-4H3,(H2,34,35,38)/t26-,30+/m1/s1. The predicted octanol–water partition coefficient (Wildman–Crippen LogP) is 4.92. The van der Waals surface area contributed by atoms with Crippen molar-refractivity contribution in [3.8, 4) is 17.2 Å². The largest absolute Gasteiger partial charge is 0.497 e. The van der Waals surface area contributed by atoms with E-state index in [-0.39, 0.29) is 32.1 Å². The van der Waals surface area contributed by atoms with E-state index in [2.05, 4.69) is 10.6 Å². The molecule has 0 unspecified atom stereocenters. The molecule has 2 amide bonds. The minimum Gasteiger partial charge on any atom is -0.497 e. The number of ether oxygens (including phenoxy) is 5. The summed E-state index contributed by atoms with van der Waals surface area (Å²) in [6.45, 7) is 0.0716. The van der Waals surface area contributed by atoms with E-state index in [0.717, 1.165) is 22.4 Å². The van der Waals surface area contributed by atoms with Crippen molar-refractivity contribution in [1.29, 1.82) is 0 Å². The monoisotopic (exact) mass is 624 g/mol. The van der Waals surface area contributed by atoms with Crippen LogP contribution in [0.3, 0.4) is 0 Å². The first-order valence-electron chi connectivity index (χ1n) is 14.1. The van der Waals surface area contributed by atoms with Gasteiger partial charge in [-0.15, -0.1) is 0 Å². The van der Waals surface area contributed by atoms with E-state index in [0.29, 0.717) is 23.7 Å². The van der Waals surface area contributed by atoms with Gasteiger partial charge in [-0.05, 0) is 72.2 Å². The Morgan fingerprint density at radius 3 is 1.64 bits per heavy atom. The number of esters is 2. The molecule has 0 aliphatic rings. The zero-order chi connectivity index (χ0) is 31.7. The highest BCUT2D eigenvalue weighted by Crippen LogP contribution is 2.16. The first kappa shape index (κ1) is 34.1. The number of nitrogens with one attached hydrogen (secondary N) is 2. The average molecular weight is 625 g/mol. The van der Waals surface area contributed by atoms with Crippen molar-refractivity contribution < 1.29 is 38.1 Å². The Morgan fingerprint density at radius 1 is 0.682 bits per heavy atom. The molecule has 3 aromatic carbocycles. The lowest BCUT2D eigenvalue weighted by Gasteiger charge is -2.22. The maximum absolute atomic E-state index is 13.1. The van der Waals surface area contributed by atoms with Crippen LogP contribution in [-0.2, 0) is 38.7 Å². The number of rotatable bonds is 17. The van der Waals surface area contributed by atoms with Crippen molar-refractivity contribution in [1.82, 2.24) is 10.6 Å². The highest BCUT2D eigenvalue weighted by Gasteiger charge is 2.25. The van der Waals surface area contributed by atoms with Crippen LogP contribution in [0.15, 0.2) is 72.8 Å². The van der Waals surface area contributed by atoms with Gasteiger partial charge in [-0.2, -0.15) is 11.8 Å². The summed E-state index contributed by atoms with van der Waals surface area (Å²) in [6.07, 6.45) is 2.45. The summed E-state index contributed by atoms with van der Waals surface area (Å²) in [5.41, 5.74) is 2.57. The van der Waals surface area contributed by atoms with Gasteiger partial charge in [-0.1, -0.05) is 36.4 Å². The summed E-state index contributed by atoms with van der Waals surface area (Å²) in [6, 6.07) is 20.1. The van der Waals surface area contributed by atoms with E-state index in [1.165, 1.54) is 0 Å². The molecule has 0 radical (unpaired) electrons. The molecule has 3 aromatic rings. The van der Waals surface area contributed by atoms with Gasteiger partial charge in [-0.25, -0.2) is 9.59 Å². The Labute approximate surface area is 262 Å². The minimum absolute atomic E-state index is 0.00197. The quantitative estimate of drug-likeness (QED) is 0.202. The van der Waals surface area contributed by atoms with Crippen molar-refractivity contribution in [3.63, 3.8) is 0 Å². The van der Waals surface area contributed by atoms with Gasteiger partial charge in [0.25, 0.3) is 0 Å². The molecular weight excluding hydrogens is 584 g/mol. The molecule has 2 atom stereocenters. The van der Waals surface area contributed by atoms with E-state index in [1.807, 2.05) is 30.5 Å². The third kappa shape index (κ3) is 11.7. The van der Waals surface area contributed by atoms with Crippen LogP contribution >= 0.6 is 11.8 Å². The Hall–Kier alpha value is -4.38. The van der Waals surface area contributed by atoms with Crippen molar-refractivity contribution in [2.45, 2.75) is 44.6 Å². The summed E-state index contributed by atoms with van der Waals surface area (Å²) >= 11 is 1.60. The first-order chi connectivity index (χ1) is 21.3. The fourth-order valence-corrected chi connectivity index (χ4v) is 4.83. The third-order valence-electron chi connectivity index (χ3n) is 6.67. The van der Waals surface area contributed by atoms with Gasteiger partial charge in [0.2, 0.25) is 0 Å². The smallest absolute Gasteiger partial charge is 0.329 e. The maximum atomic E-state index is 13.1. The van der Waals surface area contributed by atoms with Crippen LogP contribution in [0.5, 0.6) is 17.2 Å². The first-order valence-corrected chi connectivity index (χ1v) is 15.5. The Morgan fingerprint density at radius 2 is 1.16 bits per heavy atom. The number of benzene rings is 3. The zero-order valence-corrected chi connectivity index (χ0v) is 26.3. The molecule has 0 aliphatic heterocycles. The molecule has 0 fully saturated rings. The van der Waals surface area contributed by atoms with Crippen LogP contribution in [0.4, 0.5) is 4.79 Å². The van der Waals surface area contributed by atoms with E-state index in [1.54, 1.807) is 81.6 Å². The van der Waals surface area contributed by atoms with Gasteiger partial charge in [0, 0.05) is 18.2 Å². The van der Waals surface area contributed by atoms with Crippen LogP contribution in [-0.4, -0.2) is 63.4 Å². The number of carbonyl (C=O) groups excluding carboxylic acids is 3. The molecule has 11 heteroatoms. The molecule has 0 saturated heterocycles. The lowest BCUT2D eigenvalue weighted by Crippen LogP contribution is -2.50. The highest BCUT2D eigenvalue weighted by atomic mass is 32.2. The molecule has 44 heavy (non-hydrogen) atoms. The summed E-state index contributed by atoms with van der Waals surface area (Å²) in [4.78, 5) is 38.8. The molecule has 0 aliphatic carbocycles. The van der Waals surface area contributed by atoms with E-state index < -0.39 is 24.0 Å². The fourth-order valence-electron chi connectivity index (χ4n) is 4.23. The summed E-state index contributed by atoms with van der Waals surface area (Å²) in [7, 11) is 4.75. The second-order valence-corrected chi connectivity index (χ2v) is 10.8. The Balaban J connectivity index is 1.61. The second-order valence-electron chi connectivity index (χ2n) is 9.88. The van der Waals surface area contributed by atoms with E-state index in [4.69, 9.17) is 23.7 Å². The van der Waals surface area contributed by atoms with Crippen LogP contribution in [0, 0.1) is 0 Å². The van der Waals surface area contributed by atoms with Crippen molar-refractivity contribution >= 4 is 29.7 Å². The summed E-state index contributed by atoms with van der Waals surface area (Å²) in [5.74, 6) is 1.62. The van der Waals surface area contributed by atoms with Gasteiger partial charge >= 0.3 is 18.0 Å². The topological polar surface area (TPSA) is 121 Å². The summed E-state index contributed by atoms with van der Waals surface area (Å²) in [5, 5.41) is 5.67. The van der Waals surface area contributed by atoms with Crippen molar-refractivity contribution in [3.05, 3.63) is 89.5 Å². The minimum atomic E-state index is -1.07. The normalized spacial score (nSPS) is 11.9. The third-order valence-corrected chi connectivity index (χ3v) is 7.41. The molecule has 236 valence electrons. The Bertz CT molecular complexity index is 1320. The van der Waals surface area contributed by atoms with E-state index in [9.17, 15) is 14.4 Å². The number of amides is 2. The molecule has 0 spiro atoms. The molecule has 0 aromatic heterocycles. The number of urea groups is 1. The SMILES string of the molecule is COc1ccc(COC(=O)CC[C@H](NC(=O)N[C@@H](CSC)Cc2ccc(OC)cc2)C(=O)OCc2ccc(OC)cc2)cc1. The Kier molecular flexibility index (Phi) is 14.2. The van der Waals surface area contributed by atoms with Crippen LogP contribution in [0.2, 0.25) is 0 Å². The van der Waals surface area contributed by atoms with Crippen molar-refractivity contribution in [2.75, 3.05) is 33.3 Å². The molecule has 0 bridgehead atoms. The molecular formula is C33H40N2O8S. The zero-order valence-electron chi connectivity index (χ0n) is 25.5. The van der Waals surface area contributed by atoms with Crippen LogP contribution in [0.1, 0.15) is 29.5 Å². The molecule has 3 rings (SSSR count). The highest BCUT2D eigenvalue weighted by molar-refractivity contribution is 7.98. The van der Waals surface area contributed by atoms with E-state index >= 15 is 0 Å². The fraction of sp³-hybridized carbons (Fsp3) is 0.364. The number of methoxy groups -OCH3 is 3. The van der Waals surface area contributed by atoms with Gasteiger partial charge in [0.15, 0.2) is 0 Å². The molecule has 10 nitrogen and oxygen atoms in total. The van der Waals surface area contributed by atoms with Crippen LogP contribution < -0.4 is 24.8 Å². The average Bonchev–Trinajstić information content (AvgIpc) is 3.05. The number of hydrogen-bond donors (Lipinski definition) is 2. The van der Waals surface area contributed by atoms with Gasteiger partial charge in [0.1, 0.15) is 36.5 Å². The maximum Gasteiger partial charge on any atom is 0.329 e. The second kappa shape index (κ2) is 18.3. The predicted molar refractivity (Wildman–Crippen MR) is 169 cm³/mol. The van der Waals surface area contributed by atoms with Crippen LogP contribution in [0.25, 0.3) is 0 Å². The molecule has 0 heterocycles. The van der Waals surface area contributed by atoms with Gasteiger partial charge in [-0.3, -0.25) is 4.79 Å². The molecule has 0 saturated carbocycles. The number of carbonyl (C=O) groups is 3. The lowest BCUT2D eigenvalue weighted by atomic mass is 10.1. The lowest BCUT2D eigenvalue weighted by molar-refractivity contribution is -0.148. The number of hydrogen-bond acceptors (Lipinski definition) is 9. The van der Waals surface area contributed by atoms with Gasteiger partial charge in [0.05, 0.1) is 21.3 Å². The number of thioether (sulfide) groups is 1.